The van der Waals surface area contributed by atoms with Crippen LogP contribution in [0.25, 0.3) is 0 Å². The van der Waals surface area contributed by atoms with Crippen molar-refractivity contribution in [2.24, 2.45) is 10.4 Å². The molecule has 0 bridgehead atoms. The average molecular weight is 338 g/mol. The third-order valence-electron chi connectivity index (χ3n) is 5.45. The zero-order valence-corrected chi connectivity index (χ0v) is 15.7. The maximum Gasteiger partial charge on any atom is 0.242 e. The van der Waals surface area contributed by atoms with Gasteiger partial charge >= 0.3 is 0 Å². The standard InChI is InChI=1S/C18H34N4O2/c1-5-18(6-2)14(11-15(18)24-8-4)22-17(19-7-3)20-12-16(23)21-13-9-10-13/h13-15H,5-12H2,1-4H3,(H,21,23)(H2,19,20,22). The Balaban J connectivity index is 1.94. The molecular formula is C18H34N4O2. The van der Waals surface area contributed by atoms with Crippen molar-refractivity contribution < 1.29 is 9.53 Å². The SMILES string of the molecule is CCNC(=NCC(=O)NC1CC1)NC1CC(OCC)C1(CC)CC. The summed E-state index contributed by atoms with van der Waals surface area (Å²) in [6, 6.07) is 0.725. The van der Waals surface area contributed by atoms with Gasteiger partial charge in [0.05, 0.1) is 6.10 Å². The minimum atomic E-state index is 0.00718. The van der Waals surface area contributed by atoms with E-state index in [-0.39, 0.29) is 17.9 Å². The number of aliphatic imine (C=N–C) groups is 1. The second kappa shape index (κ2) is 8.70. The summed E-state index contributed by atoms with van der Waals surface area (Å²) in [5, 5.41) is 9.77. The number of ether oxygens (including phenoxy) is 1. The van der Waals surface area contributed by atoms with Crippen molar-refractivity contribution in [3.05, 3.63) is 0 Å². The van der Waals surface area contributed by atoms with Gasteiger partial charge in [-0.15, -0.1) is 0 Å². The van der Waals surface area contributed by atoms with E-state index in [0.29, 0.717) is 18.2 Å². The summed E-state index contributed by atoms with van der Waals surface area (Å²) >= 11 is 0. The largest absolute Gasteiger partial charge is 0.378 e. The van der Waals surface area contributed by atoms with Crippen molar-refractivity contribution in [1.29, 1.82) is 0 Å². The molecule has 0 aromatic rings. The van der Waals surface area contributed by atoms with Crippen LogP contribution in [0, 0.1) is 5.41 Å². The first kappa shape index (κ1) is 19.0. The Morgan fingerprint density at radius 1 is 1.17 bits per heavy atom. The van der Waals surface area contributed by atoms with Crippen molar-refractivity contribution in [2.75, 3.05) is 19.7 Å². The fraction of sp³-hybridized carbons (Fsp3) is 0.889. The van der Waals surface area contributed by atoms with Crippen molar-refractivity contribution >= 4 is 11.9 Å². The van der Waals surface area contributed by atoms with Crippen LogP contribution in [0.4, 0.5) is 0 Å². The zero-order valence-electron chi connectivity index (χ0n) is 15.7. The van der Waals surface area contributed by atoms with Crippen LogP contribution in [0.1, 0.15) is 59.8 Å². The maximum absolute atomic E-state index is 11.9. The van der Waals surface area contributed by atoms with Gasteiger partial charge in [0.1, 0.15) is 6.54 Å². The van der Waals surface area contributed by atoms with Gasteiger partial charge < -0.3 is 20.7 Å². The lowest BCUT2D eigenvalue weighted by molar-refractivity contribution is -0.133. The Labute approximate surface area is 146 Å². The number of amides is 1. The topological polar surface area (TPSA) is 74.8 Å². The van der Waals surface area contributed by atoms with Gasteiger partial charge in [-0.25, -0.2) is 4.99 Å². The predicted molar refractivity (Wildman–Crippen MR) is 97.1 cm³/mol. The van der Waals surface area contributed by atoms with E-state index >= 15 is 0 Å². The fourth-order valence-electron chi connectivity index (χ4n) is 3.72. The molecule has 2 aliphatic carbocycles. The Hall–Kier alpha value is -1.30. The van der Waals surface area contributed by atoms with Crippen LogP contribution >= 0.6 is 0 Å². The lowest BCUT2D eigenvalue weighted by Gasteiger charge is -2.55. The maximum atomic E-state index is 11.9. The lowest BCUT2D eigenvalue weighted by Crippen LogP contribution is -2.65. The van der Waals surface area contributed by atoms with E-state index in [9.17, 15) is 4.79 Å². The number of carbonyl (C=O) groups excluding carboxylic acids is 1. The first-order chi connectivity index (χ1) is 11.6. The summed E-state index contributed by atoms with van der Waals surface area (Å²) in [5.41, 5.74) is 0.155. The molecule has 2 atom stereocenters. The van der Waals surface area contributed by atoms with Gasteiger partial charge in [-0.1, -0.05) is 13.8 Å². The highest BCUT2D eigenvalue weighted by molar-refractivity contribution is 5.85. The molecule has 2 rings (SSSR count). The number of nitrogens with one attached hydrogen (secondary N) is 3. The van der Waals surface area contributed by atoms with Crippen LogP contribution in [-0.2, 0) is 9.53 Å². The summed E-state index contributed by atoms with van der Waals surface area (Å²) in [5.74, 6) is 0.738. The molecule has 0 aromatic heterocycles. The zero-order chi connectivity index (χ0) is 17.6. The summed E-state index contributed by atoms with van der Waals surface area (Å²) in [4.78, 5) is 16.3. The highest BCUT2D eigenvalue weighted by atomic mass is 16.5. The van der Waals surface area contributed by atoms with E-state index in [4.69, 9.17) is 4.74 Å². The number of hydrogen-bond donors (Lipinski definition) is 3. The molecule has 1 amide bonds. The lowest BCUT2D eigenvalue weighted by atomic mass is 9.58. The van der Waals surface area contributed by atoms with Crippen molar-refractivity contribution in [3.8, 4) is 0 Å². The third-order valence-corrected chi connectivity index (χ3v) is 5.45. The van der Waals surface area contributed by atoms with Crippen LogP contribution in [-0.4, -0.2) is 49.8 Å². The van der Waals surface area contributed by atoms with E-state index in [2.05, 4.69) is 41.7 Å². The van der Waals surface area contributed by atoms with Gasteiger partial charge in [0.25, 0.3) is 0 Å². The molecule has 0 aromatic carbocycles. The van der Waals surface area contributed by atoms with Gasteiger partial charge in [0, 0.05) is 30.7 Å². The molecule has 6 heteroatoms. The van der Waals surface area contributed by atoms with Crippen molar-refractivity contribution in [1.82, 2.24) is 16.0 Å². The number of nitrogens with zero attached hydrogens (tertiary/aromatic N) is 1. The normalized spacial score (nSPS) is 25.8. The number of carbonyl (C=O) groups is 1. The minimum absolute atomic E-state index is 0.00718. The van der Waals surface area contributed by atoms with Crippen LogP contribution in [0.3, 0.4) is 0 Å². The highest BCUT2D eigenvalue weighted by Crippen LogP contribution is 2.48. The predicted octanol–water partition coefficient (Wildman–Crippen LogP) is 1.80. The fourth-order valence-corrected chi connectivity index (χ4v) is 3.72. The van der Waals surface area contributed by atoms with Crippen LogP contribution in [0.5, 0.6) is 0 Å². The van der Waals surface area contributed by atoms with Gasteiger partial charge in [-0.2, -0.15) is 0 Å². The summed E-state index contributed by atoms with van der Waals surface area (Å²) in [6.45, 7) is 10.3. The number of guanidine groups is 1. The second-order valence-electron chi connectivity index (χ2n) is 6.85. The van der Waals surface area contributed by atoms with E-state index in [1.807, 2.05) is 6.92 Å². The molecule has 6 nitrogen and oxygen atoms in total. The Kier molecular flexibility index (Phi) is 6.90. The molecule has 0 radical (unpaired) electrons. The van der Waals surface area contributed by atoms with Gasteiger partial charge in [-0.05, 0) is 46.0 Å². The van der Waals surface area contributed by atoms with Crippen molar-refractivity contribution in [2.45, 2.75) is 78.0 Å². The molecule has 2 fully saturated rings. The molecule has 3 N–H and O–H groups in total. The molecule has 0 heterocycles. The molecule has 0 saturated heterocycles. The van der Waals surface area contributed by atoms with E-state index in [1.54, 1.807) is 0 Å². The molecule has 24 heavy (non-hydrogen) atoms. The third kappa shape index (κ3) is 4.41. The Morgan fingerprint density at radius 2 is 1.88 bits per heavy atom. The van der Waals surface area contributed by atoms with E-state index in [1.165, 1.54) is 0 Å². The molecule has 0 aliphatic heterocycles. The smallest absolute Gasteiger partial charge is 0.242 e. The molecule has 138 valence electrons. The molecular weight excluding hydrogens is 304 g/mol. The first-order valence-electron chi connectivity index (χ1n) is 9.55. The first-order valence-corrected chi connectivity index (χ1v) is 9.55. The van der Waals surface area contributed by atoms with Crippen LogP contribution in [0.2, 0.25) is 0 Å². The average Bonchev–Trinajstić information content (AvgIpc) is 3.36. The Morgan fingerprint density at radius 3 is 2.42 bits per heavy atom. The summed E-state index contributed by atoms with van der Waals surface area (Å²) in [6.07, 6.45) is 5.67. The second-order valence-corrected chi connectivity index (χ2v) is 6.85. The monoisotopic (exact) mass is 338 g/mol. The molecule has 2 aliphatic rings. The van der Waals surface area contributed by atoms with Gasteiger partial charge in [0.2, 0.25) is 5.91 Å². The van der Waals surface area contributed by atoms with E-state index in [0.717, 1.165) is 51.2 Å². The number of hydrogen-bond acceptors (Lipinski definition) is 3. The molecule has 0 spiro atoms. The number of rotatable bonds is 9. The quantitative estimate of drug-likeness (QED) is 0.443. The summed E-state index contributed by atoms with van der Waals surface area (Å²) < 4.78 is 5.93. The van der Waals surface area contributed by atoms with Gasteiger partial charge in [0.15, 0.2) is 5.96 Å². The van der Waals surface area contributed by atoms with Crippen LogP contribution in [0.15, 0.2) is 4.99 Å². The van der Waals surface area contributed by atoms with Crippen molar-refractivity contribution in [3.63, 3.8) is 0 Å². The Bertz CT molecular complexity index is 444. The molecule has 2 saturated carbocycles. The summed E-state index contributed by atoms with van der Waals surface area (Å²) in [7, 11) is 0. The highest BCUT2D eigenvalue weighted by Gasteiger charge is 2.53. The van der Waals surface area contributed by atoms with Crippen LogP contribution < -0.4 is 16.0 Å². The van der Waals surface area contributed by atoms with E-state index < -0.39 is 0 Å². The minimum Gasteiger partial charge on any atom is -0.378 e. The van der Waals surface area contributed by atoms with Gasteiger partial charge in [-0.3, -0.25) is 4.79 Å². The molecule has 2 unspecified atom stereocenters.